The summed E-state index contributed by atoms with van der Waals surface area (Å²) < 4.78 is 69.1. The van der Waals surface area contributed by atoms with E-state index in [-0.39, 0.29) is 33.9 Å². The fourth-order valence-corrected chi connectivity index (χ4v) is 4.35. The third-order valence-electron chi connectivity index (χ3n) is 5.98. The molecule has 2 N–H and O–H groups in total. The van der Waals surface area contributed by atoms with Crippen molar-refractivity contribution in [3.05, 3.63) is 64.9 Å². The molecule has 2 aromatic carbocycles. The number of benzene rings is 2. The summed E-state index contributed by atoms with van der Waals surface area (Å²) in [5.41, 5.74) is 0.499. The minimum Gasteiger partial charge on any atom is -0.323 e. The fraction of sp³-hybridized carbons (Fsp3) is 0.292. The molecule has 1 aliphatic carbocycles. The highest BCUT2D eigenvalue weighted by Gasteiger charge is 2.34. The number of aromatic nitrogens is 4. The third kappa shape index (κ3) is 4.20. The maximum Gasteiger partial charge on any atom is 0.417 e. The van der Waals surface area contributed by atoms with Crippen molar-refractivity contribution in [2.75, 3.05) is 5.32 Å². The summed E-state index contributed by atoms with van der Waals surface area (Å²) in [6, 6.07) is 7.04. The van der Waals surface area contributed by atoms with Gasteiger partial charge < -0.3 is 5.32 Å². The number of aryl methyl sites for hydroxylation is 1. The Hall–Kier alpha value is -3.56. The molecule has 0 bridgehead atoms. The molecule has 2 heterocycles. The van der Waals surface area contributed by atoms with E-state index in [9.17, 15) is 22.0 Å². The minimum absolute atomic E-state index is 0.0171. The van der Waals surface area contributed by atoms with E-state index in [1.54, 1.807) is 0 Å². The molecule has 10 heteroatoms. The standard InChI is InChI=1S/C24H20F5N5/c25-13-11-16-20(18(26)12-13)33-34-23(16)32-22-15-8-3-1-2-4-10-19(15)30-21(31-22)14-7-5-6-9-17(14)24(27,28)29/h5-7,9,11-12H,1-4,8,10H2,(H2,30,31,32,33,34). The van der Waals surface area contributed by atoms with E-state index in [1.807, 2.05) is 0 Å². The Morgan fingerprint density at radius 1 is 0.882 bits per heavy atom. The van der Waals surface area contributed by atoms with Gasteiger partial charge in [-0.2, -0.15) is 18.3 Å². The van der Waals surface area contributed by atoms with Crippen molar-refractivity contribution < 1.29 is 22.0 Å². The van der Waals surface area contributed by atoms with Crippen LogP contribution in [0.5, 0.6) is 0 Å². The highest BCUT2D eigenvalue weighted by atomic mass is 19.4. The van der Waals surface area contributed by atoms with Gasteiger partial charge in [-0.15, -0.1) is 0 Å². The number of nitrogens with zero attached hydrogens (tertiary/aromatic N) is 3. The van der Waals surface area contributed by atoms with Crippen LogP contribution in [-0.4, -0.2) is 20.2 Å². The Labute approximate surface area is 191 Å². The number of hydrogen-bond donors (Lipinski definition) is 2. The number of H-pyrrole nitrogens is 1. The van der Waals surface area contributed by atoms with Crippen molar-refractivity contribution >= 4 is 22.5 Å². The molecule has 0 amide bonds. The number of nitrogens with one attached hydrogen (secondary N) is 2. The normalized spacial score (nSPS) is 14.5. The van der Waals surface area contributed by atoms with E-state index < -0.39 is 23.4 Å². The maximum absolute atomic E-state index is 14.1. The van der Waals surface area contributed by atoms with Crippen molar-refractivity contribution in [3.8, 4) is 11.4 Å². The average Bonchev–Trinajstić information content (AvgIpc) is 3.16. The van der Waals surface area contributed by atoms with E-state index in [0.717, 1.165) is 49.4 Å². The lowest BCUT2D eigenvalue weighted by atomic mass is 9.96. The summed E-state index contributed by atoms with van der Waals surface area (Å²) in [4.78, 5) is 9.01. The van der Waals surface area contributed by atoms with Crippen LogP contribution in [0.4, 0.5) is 33.6 Å². The van der Waals surface area contributed by atoms with Crippen LogP contribution in [0.3, 0.4) is 0 Å². The van der Waals surface area contributed by atoms with Crippen LogP contribution >= 0.6 is 0 Å². The Morgan fingerprint density at radius 3 is 2.44 bits per heavy atom. The number of hydrogen-bond acceptors (Lipinski definition) is 4. The van der Waals surface area contributed by atoms with Gasteiger partial charge >= 0.3 is 6.18 Å². The topological polar surface area (TPSA) is 66.5 Å². The van der Waals surface area contributed by atoms with Gasteiger partial charge in [-0.3, -0.25) is 5.10 Å². The number of fused-ring (bicyclic) bond motifs is 2. The second kappa shape index (κ2) is 8.66. The predicted molar refractivity (Wildman–Crippen MR) is 118 cm³/mol. The first-order valence-electron chi connectivity index (χ1n) is 11.0. The predicted octanol–water partition coefficient (Wildman–Crippen LogP) is 6.72. The summed E-state index contributed by atoms with van der Waals surface area (Å²) >= 11 is 0. The summed E-state index contributed by atoms with van der Waals surface area (Å²) in [7, 11) is 0. The van der Waals surface area contributed by atoms with Gasteiger partial charge in [0, 0.05) is 22.9 Å². The van der Waals surface area contributed by atoms with Crippen LogP contribution in [0.15, 0.2) is 36.4 Å². The van der Waals surface area contributed by atoms with Crippen LogP contribution in [0, 0.1) is 11.6 Å². The van der Waals surface area contributed by atoms with Crippen molar-refractivity contribution in [1.82, 2.24) is 20.2 Å². The lowest BCUT2D eigenvalue weighted by Gasteiger charge is -2.19. The van der Waals surface area contributed by atoms with Crippen molar-refractivity contribution in [2.45, 2.75) is 44.7 Å². The summed E-state index contributed by atoms with van der Waals surface area (Å²) in [6.45, 7) is 0. The molecule has 5 rings (SSSR count). The molecule has 4 aromatic rings. The number of aromatic amines is 1. The second-order valence-corrected chi connectivity index (χ2v) is 8.29. The van der Waals surface area contributed by atoms with E-state index in [0.29, 0.717) is 18.5 Å². The monoisotopic (exact) mass is 473 g/mol. The first-order valence-corrected chi connectivity index (χ1v) is 11.0. The Kier molecular flexibility index (Phi) is 5.66. The van der Waals surface area contributed by atoms with E-state index in [4.69, 9.17) is 0 Å². The number of rotatable bonds is 3. The first-order chi connectivity index (χ1) is 16.3. The number of halogens is 5. The lowest BCUT2D eigenvalue weighted by Crippen LogP contribution is -2.13. The number of anilines is 2. The highest BCUT2D eigenvalue weighted by molar-refractivity contribution is 5.91. The average molecular weight is 473 g/mol. The Bertz CT molecular complexity index is 1360. The molecular weight excluding hydrogens is 453 g/mol. The molecule has 0 atom stereocenters. The van der Waals surface area contributed by atoms with Gasteiger partial charge in [0.1, 0.15) is 17.2 Å². The molecule has 1 aliphatic rings. The highest BCUT2D eigenvalue weighted by Crippen LogP contribution is 2.38. The largest absolute Gasteiger partial charge is 0.417 e. The van der Waals surface area contributed by atoms with Crippen LogP contribution in [0.1, 0.15) is 42.5 Å². The zero-order chi connectivity index (χ0) is 23.9. The van der Waals surface area contributed by atoms with Crippen LogP contribution < -0.4 is 5.32 Å². The Balaban J connectivity index is 1.67. The zero-order valence-electron chi connectivity index (χ0n) is 17.9. The molecule has 0 fully saturated rings. The molecular formula is C24H20F5N5. The molecule has 34 heavy (non-hydrogen) atoms. The van der Waals surface area contributed by atoms with E-state index in [1.165, 1.54) is 18.2 Å². The van der Waals surface area contributed by atoms with Crippen LogP contribution in [0.25, 0.3) is 22.3 Å². The van der Waals surface area contributed by atoms with Crippen molar-refractivity contribution in [2.24, 2.45) is 0 Å². The van der Waals surface area contributed by atoms with Gasteiger partial charge in [0.25, 0.3) is 0 Å². The maximum atomic E-state index is 14.1. The minimum atomic E-state index is -4.58. The third-order valence-corrected chi connectivity index (χ3v) is 5.98. The molecule has 0 saturated carbocycles. The van der Waals surface area contributed by atoms with Crippen molar-refractivity contribution in [1.29, 1.82) is 0 Å². The van der Waals surface area contributed by atoms with Gasteiger partial charge in [0.15, 0.2) is 17.5 Å². The van der Waals surface area contributed by atoms with Gasteiger partial charge in [0.2, 0.25) is 0 Å². The fourth-order valence-electron chi connectivity index (χ4n) is 4.35. The summed E-state index contributed by atoms with van der Waals surface area (Å²) in [5.74, 6) is -1.21. The van der Waals surface area contributed by atoms with Gasteiger partial charge in [-0.1, -0.05) is 31.0 Å². The quantitative estimate of drug-likeness (QED) is 0.324. The molecule has 176 valence electrons. The molecule has 0 radical (unpaired) electrons. The molecule has 0 saturated heterocycles. The zero-order valence-corrected chi connectivity index (χ0v) is 17.9. The summed E-state index contributed by atoms with van der Waals surface area (Å²) in [5, 5.41) is 9.79. The van der Waals surface area contributed by atoms with Gasteiger partial charge in [-0.25, -0.2) is 18.7 Å². The molecule has 2 aromatic heterocycles. The molecule has 5 nitrogen and oxygen atoms in total. The second-order valence-electron chi connectivity index (χ2n) is 8.29. The van der Waals surface area contributed by atoms with Gasteiger partial charge in [0.05, 0.1) is 10.9 Å². The van der Waals surface area contributed by atoms with E-state index in [2.05, 4.69) is 25.5 Å². The van der Waals surface area contributed by atoms with Gasteiger partial charge in [-0.05, 0) is 37.8 Å². The lowest BCUT2D eigenvalue weighted by molar-refractivity contribution is -0.137. The summed E-state index contributed by atoms with van der Waals surface area (Å²) in [6.07, 6.45) is 0.385. The Morgan fingerprint density at radius 2 is 1.65 bits per heavy atom. The van der Waals surface area contributed by atoms with E-state index >= 15 is 0 Å². The molecule has 0 unspecified atom stereocenters. The van der Waals surface area contributed by atoms with Crippen molar-refractivity contribution in [3.63, 3.8) is 0 Å². The molecule has 0 aliphatic heterocycles. The van der Waals surface area contributed by atoms with Crippen LogP contribution in [-0.2, 0) is 19.0 Å². The molecule has 0 spiro atoms. The SMILES string of the molecule is Fc1cc(F)c2[nH]nc(Nc3nc(-c4ccccc4C(F)(F)F)nc4c3CCCCCC4)c2c1. The smallest absolute Gasteiger partial charge is 0.323 e. The number of alkyl halides is 3. The first kappa shape index (κ1) is 22.2. The van der Waals surface area contributed by atoms with Crippen LogP contribution in [0.2, 0.25) is 0 Å².